The van der Waals surface area contributed by atoms with E-state index in [0.717, 1.165) is 22.3 Å². The highest BCUT2D eigenvalue weighted by atomic mass is 16.7. The summed E-state index contributed by atoms with van der Waals surface area (Å²) in [7, 11) is 2.99. The van der Waals surface area contributed by atoms with Crippen molar-refractivity contribution >= 4 is 11.5 Å². The van der Waals surface area contributed by atoms with E-state index in [0.29, 0.717) is 0 Å². The first-order valence-electron chi connectivity index (χ1n) is 8.20. The van der Waals surface area contributed by atoms with Gasteiger partial charge in [0.15, 0.2) is 6.29 Å². The van der Waals surface area contributed by atoms with Crippen LogP contribution >= 0.6 is 0 Å². The number of hydrogen-bond donors (Lipinski definition) is 1. The van der Waals surface area contributed by atoms with Gasteiger partial charge in [0.25, 0.3) is 5.91 Å². The van der Waals surface area contributed by atoms with Gasteiger partial charge < -0.3 is 14.6 Å². The summed E-state index contributed by atoms with van der Waals surface area (Å²) in [5, 5.41) is 12.0. The minimum Gasteiger partial charge on any atom is -0.509 e. The number of rotatable bonds is 6. The molecule has 0 spiro atoms. The van der Waals surface area contributed by atoms with Crippen LogP contribution in [0.3, 0.4) is 0 Å². The monoisotopic (exact) mass is 349 g/mol. The van der Waals surface area contributed by atoms with Crippen molar-refractivity contribution in [1.29, 1.82) is 0 Å². The molecule has 1 aliphatic rings. The Hall–Kier alpha value is -1.89. The van der Waals surface area contributed by atoms with Crippen LogP contribution in [-0.4, -0.2) is 48.7 Å². The summed E-state index contributed by atoms with van der Waals surface area (Å²) >= 11 is 0. The van der Waals surface area contributed by atoms with E-state index in [4.69, 9.17) is 14.3 Å². The second kappa shape index (κ2) is 7.15. The Morgan fingerprint density at radius 3 is 2.12 bits per heavy atom. The van der Waals surface area contributed by atoms with Crippen molar-refractivity contribution in [3.63, 3.8) is 0 Å². The fourth-order valence-electron chi connectivity index (χ4n) is 3.25. The molecule has 0 aliphatic carbocycles. The van der Waals surface area contributed by atoms with Crippen LogP contribution in [0.25, 0.3) is 5.57 Å². The van der Waals surface area contributed by atoms with Crippen LogP contribution in [-0.2, 0) is 19.1 Å². The third-order valence-electron chi connectivity index (χ3n) is 4.51. The van der Waals surface area contributed by atoms with Gasteiger partial charge in [0.2, 0.25) is 0 Å². The molecule has 0 fully saturated rings. The molecule has 1 aromatic carbocycles. The first-order valence-corrected chi connectivity index (χ1v) is 8.20. The van der Waals surface area contributed by atoms with Crippen LogP contribution in [0.5, 0.6) is 0 Å². The Morgan fingerprint density at radius 1 is 1.12 bits per heavy atom. The lowest BCUT2D eigenvalue weighted by Crippen LogP contribution is -2.45. The Kier molecular flexibility index (Phi) is 5.56. The summed E-state index contributed by atoms with van der Waals surface area (Å²) < 4.78 is 10.2. The number of nitrogens with zero attached hydrogens (tertiary/aromatic N) is 1. The molecular formula is C19H27NO5. The number of carbonyl (C=O) groups is 1. The van der Waals surface area contributed by atoms with Gasteiger partial charge >= 0.3 is 0 Å². The smallest absolute Gasteiger partial charge is 0.282 e. The minimum atomic E-state index is -0.984. The predicted octanol–water partition coefficient (Wildman–Crippen LogP) is 3.05. The Labute approximate surface area is 148 Å². The molecule has 0 saturated heterocycles. The molecule has 6 nitrogen and oxygen atoms in total. The summed E-state index contributed by atoms with van der Waals surface area (Å²) in [5.74, 6) is -0.373. The summed E-state index contributed by atoms with van der Waals surface area (Å²) in [4.78, 5) is 18.6. The maximum Gasteiger partial charge on any atom is 0.282 e. The lowest BCUT2D eigenvalue weighted by molar-refractivity contribution is -0.241. The van der Waals surface area contributed by atoms with Crippen molar-refractivity contribution < 1.29 is 24.2 Å². The van der Waals surface area contributed by atoms with Gasteiger partial charge in [0, 0.05) is 14.2 Å². The van der Waals surface area contributed by atoms with Crippen LogP contribution in [0.4, 0.5) is 0 Å². The zero-order valence-electron chi connectivity index (χ0n) is 16.0. The topological polar surface area (TPSA) is 68.2 Å². The highest BCUT2D eigenvalue weighted by Crippen LogP contribution is 2.41. The second-order valence-electron chi connectivity index (χ2n) is 6.85. The number of aliphatic hydroxyl groups excluding tert-OH is 1. The summed E-state index contributed by atoms with van der Waals surface area (Å²) in [6.07, 6.45) is -0.599. The molecule has 6 heteroatoms. The molecule has 138 valence electrons. The minimum absolute atomic E-state index is 0.000985. The first kappa shape index (κ1) is 19.4. The first-order chi connectivity index (χ1) is 11.6. The fraction of sp³-hybridized carbons (Fsp3) is 0.526. The van der Waals surface area contributed by atoms with Crippen LogP contribution in [0, 0.1) is 20.8 Å². The molecule has 0 unspecified atom stereocenters. The van der Waals surface area contributed by atoms with Crippen molar-refractivity contribution in [2.45, 2.75) is 46.4 Å². The molecular weight excluding hydrogens is 322 g/mol. The molecule has 0 saturated carbocycles. The van der Waals surface area contributed by atoms with Gasteiger partial charge in [-0.3, -0.25) is 9.63 Å². The molecule has 0 radical (unpaired) electrons. The quantitative estimate of drug-likeness (QED) is 0.800. The average Bonchev–Trinajstić information content (AvgIpc) is 2.68. The summed E-state index contributed by atoms with van der Waals surface area (Å²) in [6, 6.07) is 4.00. The molecule has 0 atom stereocenters. The number of carbonyl (C=O) groups excluding carboxylic acids is 1. The van der Waals surface area contributed by atoms with Crippen molar-refractivity contribution in [3.8, 4) is 0 Å². The van der Waals surface area contributed by atoms with E-state index < -0.39 is 11.8 Å². The predicted molar refractivity (Wildman–Crippen MR) is 94.9 cm³/mol. The lowest BCUT2D eigenvalue weighted by atomic mass is 9.91. The van der Waals surface area contributed by atoms with Gasteiger partial charge in [0.05, 0.1) is 5.57 Å². The Balaban J connectivity index is 2.41. The highest BCUT2D eigenvalue weighted by Gasteiger charge is 2.48. The number of ether oxygens (including phenoxy) is 2. The van der Waals surface area contributed by atoms with Gasteiger partial charge in [0.1, 0.15) is 17.9 Å². The van der Waals surface area contributed by atoms with Crippen LogP contribution in [0.1, 0.15) is 36.1 Å². The number of benzene rings is 1. The van der Waals surface area contributed by atoms with Gasteiger partial charge in [-0.1, -0.05) is 17.7 Å². The Morgan fingerprint density at radius 2 is 1.64 bits per heavy atom. The van der Waals surface area contributed by atoms with Crippen LogP contribution in [0.2, 0.25) is 0 Å². The third-order valence-corrected chi connectivity index (χ3v) is 4.51. The van der Waals surface area contributed by atoms with Gasteiger partial charge in [-0.25, -0.2) is 5.06 Å². The van der Waals surface area contributed by atoms with Crippen LogP contribution < -0.4 is 0 Å². The fourth-order valence-corrected chi connectivity index (χ4v) is 3.25. The molecule has 0 aromatic heterocycles. The molecule has 1 N–H and O–H groups in total. The van der Waals surface area contributed by atoms with E-state index in [-0.39, 0.29) is 23.8 Å². The molecule has 2 rings (SSSR count). The number of aliphatic hydroxyl groups is 1. The maximum absolute atomic E-state index is 13.0. The number of amides is 1. The standard InChI is InChI=1S/C19H27NO5/c1-11-8-12(2)15(13(3)9-11)16-17(21)19(4,5)20(18(16)22)25-10-14(23-6)24-7/h8-9,14,21H,10H2,1-7H3. The summed E-state index contributed by atoms with van der Waals surface area (Å²) in [5.41, 5.74) is 3.05. The van der Waals surface area contributed by atoms with Gasteiger partial charge in [-0.2, -0.15) is 0 Å². The van der Waals surface area contributed by atoms with E-state index in [1.54, 1.807) is 13.8 Å². The zero-order chi connectivity index (χ0) is 18.9. The molecule has 1 aliphatic heterocycles. The molecule has 25 heavy (non-hydrogen) atoms. The number of hydrogen-bond acceptors (Lipinski definition) is 5. The Bertz CT molecular complexity index is 681. The van der Waals surface area contributed by atoms with Crippen LogP contribution in [0.15, 0.2) is 17.9 Å². The van der Waals surface area contributed by atoms with Crippen molar-refractivity contribution in [1.82, 2.24) is 5.06 Å². The molecule has 1 heterocycles. The van der Waals surface area contributed by atoms with Gasteiger partial charge in [-0.15, -0.1) is 0 Å². The van der Waals surface area contributed by atoms with E-state index >= 15 is 0 Å². The largest absolute Gasteiger partial charge is 0.509 e. The number of methoxy groups -OCH3 is 2. The second-order valence-corrected chi connectivity index (χ2v) is 6.85. The molecule has 1 amide bonds. The number of hydroxylamine groups is 2. The normalized spacial score (nSPS) is 17.1. The number of aryl methyl sites for hydroxylation is 3. The third kappa shape index (κ3) is 3.42. The van der Waals surface area contributed by atoms with Crippen molar-refractivity contribution in [2.24, 2.45) is 0 Å². The van der Waals surface area contributed by atoms with Gasteiger partial charge in [-0.05, 0) is 51.3 Å². The van der Waals surface area contributed by atoms with Crippen molar-refractivity contribution in [3.05, 3.63) is 40.1 Å². The summed E-state index contributed by atoms with van der Waals surface area (Å²) in [6.45, 7) is 9.38. The van der Waals surface area contributed by atoms with E-state index in [1.807, 2.05) is 32.9 Å². The maximum atomic E-state index is 13.0. The van der Waals surface area contributed by atoms with E-state index in [2.05, 4.69) is 0 Å². The van der Waals surface area contributed by atoms with E-state index in [1.165, 1.54) is 19.3 Å². The van der Waals surface area contributed by atoms with E-state index in [9.17, 15) is 9.90 Å². The highest BCUT2D eigenvalue weighted by molar-refractivity contribution is 6.23. The lowest BCUT2D eigenvalue weighted by Gasteiger charge is -2.31. The average molecular weight is 349 g/mol. The SMILES string of the molecule is COC(CON1C(=O)C(c2c(C)cc(C)cc2C)=C(O)C1(C)C)OC. The zero-order valence-corrected chi connectivity index (χ0v) is 16.0. The molecule has 1 aromatic rings. The van der Waals surface area contributed by atoms with Crippen molar-refractivity contribution in [2.75, 3.05) is 20.8 Å². The molecule has 0 bridgehead atoms.